The highest BCUT2D eigenvalue weighted by atomic mass is 16.5. The van der Waals surface area contributed by atoms with Gasteiger partial charge in [-0.2, -0.15) is 0 Å². The normalized spacial score (nSPS) is 26.6. The first-order valence-corrected chi connectivity index (χ1v) is 17.4. The first-order valence-electron chi connectivity index (χ1n) is 17.4. The van der Waals surface area contributed by atoms with Crippen molar-refractivity contribution in [2.45, 2.75) is 31.1 Å². The number of amides is 2. The number of carboxylic acids is 1. The molecule has 6 unspecified atom stereocenters. The molecule has 0 bridgehead atoms. The number of phenols is 1. The Kier molecular flexibility index (Phi) is 8.01. The Morgan fingerprint density at radius 3 is 2.31 bits per heavy atom. The van der Waals surface area contributed by atoms with Crippen LogP contribution in [0.3, 0.4) is 0 Å². The number of hydrogen-bond acceptors (Lipinski definition) is 7. The van der Waals surface area contributed by atoms with Crippen molar-refractivity contribution in [2.75, 3.05) is 11.5 Å². The summed E-state index contributed by atoms with van der Waals surface area (Å²) in [5, 5.41) is 20.4. The van der Waals surface area contributed by atoms with Crippen molar-refractivity contribution in [2.24, 2.45) is 23.7 Å². The number of hydrogen-bond donors (Lipinski definition) is 2. The largest absolute Gasteiger partial charge is 0.504 e. The fourth-order valence-electron chi connectivity index (χ4n) is 9.26. The fourth-order valence-corrected chi connectivity index (χ4v) is 9.26. The summed E-state index contributed by atoms with van der Waals surface area (Å²) in [6.07, 6.45) is 3.77. The number of carbonyl (C=O) groups is 5. The van der Waals surface area contributed by atoms with E-state index in [0.717, 1.165) is 10.5 Å². The highest BCUT2D eigenvalue weighted by Crippen LogP contribution is 2.64. The SMILES string of the molecule is CCOc1cc(C2C3=CCC4C(=O)N(c5cccc(C(=O)O)c5)C(=O)C4C3CC3C(=O)C(c4ccccc4)=CC(=O)C32c2ccccc2)ccc1O. The molecule has 8 rings (SSSR count). The smallest absolute Gasteiger partial charge is 0.335 e. The number of ketones is 2. The molecule has 9 heteroatoms. The molecule has 52 heavy (non-hydrogen) atoms. The van der Waals surface area contributed by atoms with E-state index in [-0.39, 0.29) is 53.8 Å². The average molecular weight is 694 g/mol. The summed E-state index contributed by atoms with van der Waals surface area (Å²) in [7, 11) is 0. The van der Waals surface area contributed by atoms with E-state index >= 15 is 9.59 Å². The second kappa shape index (κ2) is 12.6. The third kappa shape index (κ3) is 4.87. The second-order valence-electron chi connectivity index (χ2n) is 13.8. The molecule has 2 amide bonds. The van der Waals surface area contributed by atoms with Gasteiger partial charge in [-0.05, 0) is 78.8 Å². The third-order valence-corrected chi connectivity index (χ3v) is 11.3. The number of benzene rings is 4. The summed E-state index contributed by atoms with van der Waals surface area (Å²) in [6.45, 7) is 2.08. The van der Waals surface area contributed by atoms with Crippen molar-refractivity contribution in [3.05, 3.63) is 143 Å². The number of phenolic OH excluding ortho intramolecular Hbond substituents is 1. The Balaban J connectivity index is 1.35. The number of carbonyl (C=O) groups excluding carboxylic acids is 4. The molecule has 6 atom stereocenters. The number of imide groups is 1. The topological polar surface area (TPSA) is 138 Å². The van der Waals surface area contributed by atoms with E-state index in [1.165, 1.54) is 30.3 Å². The van der Waals surface area contributed by atoms with E-state index in [4.69, 9.17) is 4.74 Å². The summed E-state index contributed by atoms with van der Waals surface area (Å²) >= 11 is 0. The monoisotopic (exact) mass is 693 g/mol. The summed E-state index contributed by atoms with van der Waals surface area (Å²) in [6, 6.07) is 29.0. The van der Waals surface area contributed by atoms with Gasteiger partial charge in [0.05, 0.1) is 35.1 Å². The molecule has 3 aliphatic carbocycles. The van der Waals surface area contributed by atoms with Crippen molar-refractivity contribution in [3.8, 4) is 11.5 Å². The molecule has 1 heterocycles. The highest BCUT2D eigenvalue weighted by Gasteiger charge is 2.66. The van der Waals surface area contributed by atoms with Gasteiger partial charge in [-0.3, -0.25) is 24.1 Å². The first-order chi connectivity index (χ1) is 25.2. The Morgan fingerprint density at radius 2 is 1.60 bits per heavy atom. The van der Waals surface area contributed by atoms with Crippen LogP contribution in [0.15, 0.2) is 121 Å². The van der Waals surface area contributed by atoms with Crippen LogP contribution in [0, 0.1) is 23.7 Å². The van der Waals surface area contributed by atoms with Crippen molar-refractivity contribution < 1.29 is 38.9 Å². The van der Waals surface area contributed by atoms with Gasteiger partial charge in [0, 0.05) is 17.4 Å². The Morgan fingerprint density at radius 1 is 0.865 bits per heavy atom. The number of Topliss-reactive ketones (excluding diaryl/α,β-unsaturated/α-hetero) is 1. The number of fused-ring (bicyclic) bond motifs is 4. The maximum atomic E-state index is 15.2. The minimum Gasteiger partial charge on any atom is -0.504 e. The summed E-state index contributed by atoms with van der Waals surface area (Å²) in [4.78, 5) is 71.8. The number of rotatable bonds is 7. The lowest BCUT2D eigenvalue weighted by molar-refractivity contribution is -0.135. The minimum absolute atomic E-state index is 0.0545. The summed E-state index contributed by atoms with van der Waals surface area (Å²) in [5.74, 6) is -6.29. The maximum Gasteiger partial charge on any atom is 0.335 e. The van der Waals surface area contributed by atoms with Crippen molar-refractivity contribution >= 4 is 40.6 Å². The Labute approximate surface area is 299 Å². The van der Waals surface area contributed by atoms with E-state index in [1.54, 1.807) is 37.3 Å². The number of nitrogens with zero attached hydrogens (tertiary/aromatic N) is 1. The van der Waals surface area contributed by atoms with Gasteiger partial charge >= 0.3 is 5.97 Å². The Bertz CT molecular complexity index is 2220. The van der Waals surface area contributed by atoms with Gasteiger partial charge in [0.15, 0.2) is 23.1 Å². The van der Waals surface area contributed by atoms with Gasteiger partial charge in [-0.25, -0.2) is 4.79 Å². The zero-order valence-electron chi connectivity index (χ0n) is 28.3. The molecule has 4 aliphatic rings. The van der Waals surface area contributed by atoms with E-state index in [0.29, 0.717) is 22.3 Å². The van der Waals surface area contributed by atoms with E-state index in [1.807, 2.05) is 54.6 Å². The van der Waals surface area contributed by atoms with Gasteiger partial charge in [-0.15, -0.1) is 0 Å². The molecule has 2 fully saturated rings. The number of carboxylic acid groups (broad SMARTS) is 1. The fraction of sp³-hybridized carbons (Fsp3) is 0.233. The predicted octanol–water partition coefficient (Wildman–Crippen LogP) is 6.52. The van der Waals surface area contributed by atoms with Crippen molar-refractivity contribution in [1.29, 1.82) is 0 Å². The van der Waals surface area contributed by atoms with E-state index < -0.39 is 52.8 Å². The molecule has 260 valence electrons. The molecule has 1 saturated carbocycles. The quantitative estimate of drug-likeness (QED) is 0.165. The lowest BCUT2D eigenvalue weighted by atomic mass is 9.44. The number of aromatic carboxylic acids is 1. The Hall–Kier alpha value is -6.09. The van der Waals surface area contributed by atoms with E-state index in [9.17, 15) is 24.6 Å². The predicted molar refractivity (Wildman–Crippen MR) is 192 cm³/mol. The third-order valence-electron chi connectivity index (χ3n) is 11.3. The van der Waals surface area contributed by atoms with Crippen molar-refractivity contribution in [1.82, 2.24) is 0 Å². The molecule has 2 N–H and O–H groups in total. The van der Waals surface area contributed by atoms with Crippen LogP contribution in [-0.4, -0.2) is 46.2 Å². The zero-order chi connectivity index (χ0) is 36.3. The molecule has 4 aromatic carbocycles. The van der Waals surface area contributed by atoms with Gasteiger partial charge in [-0.1, -0.05) is 84.4 Å². The standard InChI is InChI=1S/C43H35NO8/c1-2-52-35-21-25(16-19-34(35)45)38-29-17-18-30-37(41(49)44(40(30)48)28-15-9-12-26(20-28)42(50)51)32(29)22-33-39(47)31(24-10-5-3-6-11-24)23-36(46)43(33,38)27-13-7-4-8-14-27/h3-17,19-21,23,30,32-33,37-38,45H,2,18,22H2,1H3,(H,50,51). The van der Waals surface area contributed by atoms with Crippen LogP contribution in [0.1, 0.15) is 52.7 Å². The molecule has 4 aromatic rings. The van der Waals surface area contributed by atoms with Crippen LogP contribution in [0.25, 0.3) is 5.57 Å². The molecule has 0 spiro atoms. The molecule has 0 radical (unpaired) electrons. The van der Waals surface area contributed by atoms with Crippen LogP contribution >= 0.6 is 0 Å². The van der Waals surface area contributed by atoms with Gasteiger partial charge in [0.2, 0.25) is 11.8 Å². The number of ether oxygens (including phenoxy) is 1. The molecule has 1 saturated heterocycles. The molecule has 1 aliphatic heterocycles. The summed E-state index contributed by atoms with van der Waals surface area (Å²) in [5.41, 5.74) is 1.66. The maximum absolute atomic E-state index is 15.2. The van der Waals surface area contributed by atoms with Crippen LogP contribution in [0.4, 0.5) is 5.69 Å². The van der Waals surface area contributed by atoms with Crippen molar-refractivity contribution in [3.63, 3.8) is 0 Å². The number of aromatic hydroxyl groups is 1. The molecular formula is C43H35NO8. The second-order valence-corrected chi connectivity index (χ2v) is 13.8. The van der Waals surface area contributed by atoms with E-state index in [2.05, 4.69) is 0 Å². The molecule has 0 aromatic heterocycles. The molecular weight excluding hydrogens is 658 g/mol. The van der Waals surface area contributed by atoms with Crippen LogP contribution in [0.5, 0.6) is 11.5 Å². The summed E-state index contributed by atoms with van der Waals surface area (Å²) < 4.78 is 5.81. The van der Waals surface area contributed by atoms with Crippen LogP contribution < -0.4 is 9.64 Å². The van der Waals surface area contributed by atoms with Crippen LogP contribution in [0.2, 0.25) is 0 Å². The minimum atomic E-state index is -1.42. The average Bonchev–Trinajstić information content (AvgIpc) is 3.42. The lowest BCUT2D eigenvalue weighted by Gasteiger charge is -2.55. The van der Waals surface area contributed by atoms with Crippen LogP contribution in [-0.2, 0) is 24.6 Å². The lowest BCUT2D eigenvalue weighted by Crippen LogP contribution is -2.58. The van der Waals surface area contributed by atoms with Gasteiger partial charge < -0.3 is 14.9 Å². The molecule has 9 nitrogen and oxygen atoms in total. The number of anilines is 1. The highest BCUT2D eigenvalue weighted by molar-refractivity contribution is 6.32. The van der Waals surface area contributed by atoms with Gasteiger partial charge in [0.25, 0.3) is 0 Å². The number of allylic oxidation sites excluding steroid dienone is 4. The first kappa shape index (κ1) is 33.1. The zero-order valence-corrected chi connectivity index (χ0v) is 28.3. The van der Waals surface area contributed by atoms with Gasteiger partial charge in [0.1, 0.15) is 0 Å².